The number of benzene rings is 1. The summed E-state index contributed by atoms with van der Waals surface area (Å²) in [5.41, 5.74) is 0. The molecule has 0 aliphatic carbocycles. The first-order valence-electron chi connectivity index (χ1n) is 4.91. The largest absolute Gasteiger partial charge is 0.315 e. The second-order valence-corrected chi connectivity index (χ2v) is 6.78. The van der Waals surface area contributed by atoms with Gasteiger partial charge in [0.1, 0.15) is 0 Å². The van der Waals surface area contributed by atoms with Crippen LogP contribution in [0.4, 0.5) is 0 Å². The van der Waals surface area contributed by atoms with Gasteiger partial charge in [0.25, 0.3) is 0 Å². The molecule has 1 unspecified atom stereocenters. The van der Waals surface area contributed by atoms with Crippen molar-refractivity contribution in [3.05, 3.63) is 28.2 Å². The molecule has 0 bridgehead atoms. The van der Waals surface area contributed by atoms with E-state index in [1.165, 1.54) is 18.2 Å². The number of rotatable bonds is 2. The molecule has 0 radical (unpaired) electrons. The van der Waals surface area contributed by atoms with E-state index in [1.807, 2.05) is 0 Å². The van der Waals surface area contributed by atoms with Gasteiger partial charge in [-0.15, -0.1) is 0 Å². The van der Waals surface area contributed by atoms with Crippen LogP contribution in [-0.4, -0.2) is 26.8 Å². The SMILES string of the molecule is O=S(=O)(c1ccc(Cl)c(Cl)c1)C1CCNC1. The van der Waals surface area contributed by atoms with Gasteiger partial charge in [-0.2, -0.15) is 0 Å². The zero-order chi connectivity index (χ0) is 11.8. The summed E-state index contributed by atoms with van der Waals surface area (Å²) in [7, 11) is -3.28. The summed E-state index contributed by atoms with van der Waals surface area (Å²) in [4.78, 5) is 0.246. The maximum atomic E-state index is 12.2. The maximum absolute atomic E-state index is 12.2. The van der Waals surface area contributed by atoms with Gasteiger partial charge >= 0.3 is 0 Å². The van der Waals surface area contributed by atoms with E-state index in [0.29, 0.717) is 18.0 Å². The molecule has 0 amide bonds. The minimum atomic E-state index is -3.28. The minimum Gasteiger partial charge on any atom is -0.315 e. The Morgan fingerprint density at radius 2 is 2.00 bits per heavy atom. The smallest absolute Gasteiger partial charge is 0.182 e. The number of nitrogens with one attached hydrogen (secondary N) is 1. The van der Waals surface area contributed by atoms with Crippen molar-refractivity contribution in [3.63, 3.8) is 0 Å². The lowest BCUT2D eigenvalue weighted by molar-refractivity contribution is 0.583. The average molecular weight is 280 g/mol. The van der Waals surface area contributed by atoms with Gasteiger partial charge in [0.15, 0.2) is 9.84 Å². The van der Waals surface area contributed by atoms with Crippen molar-refractivity contribution in [2.45, 2.75) is 16.6 Å². The van der Waals surface area contributed by atoms with Gasteiger partial charge < -0.3 is 5.32 Å². The number of hydrogen-bond acceptors (Lipinski definition) is 3. The lowest BCUT2D eigenvalue weighted by Crippen LogP contribution is -2.23. The van der Waals surface area contributed by atoms with Gasteiger partial charge in [-0.05, 0) is 31.2 Å². The van der Waals surface area contributed by atoms with Crippen molar-refractivity contribution < 1.29 is 8.42 Å². The molecule has 0 spiro atoms. The third-order valence-electron chi connectivity index (χ3n) is 2.67. The molecule has 0 aromatic heterocycles. The van der Waals surface area contributed by atoms with Crippen LogP contribution in [-0.2, 0) is 9.84 Å². The molecule has 0 saturated carbocycles. The fourth-order valence-electron chi connectivity index (χ4n) is 1.74. The van der Waals surface area contributed by atoms with Crippen LogP contribution in [0.3, 0.4) is 0 Å². The molecular weight excluding hydrogens is 269 g/mol. The highest BCUT2D eigenvalue weighted by atomic mass is 35.5. The minimum absolute atomic E-state index is 0.246. The summed E-state index contributed by atoms with van der Waals surface area (Å²) < 4.78 is 24.3. The summed E-state index contributed by atoms with van der Waals surface area (Å²) in [6.07, 6.45) is 0.641. The molecule has 1 aromatic rings. The van der Waals surface area contributed by atoms with Crippen LogP contribution < -0.4 is 5.32 Å². The Bertz CT molecular complexity index is 496. The van der Waals surface area contributed by atoms with Crippen LogP contribution >= 0.6 is 23.2 Å². The Kier molecular flexibility index (Phi) is 3.45. The molecule has 88 valence electrons. The Morgan fingerprint density at radius 3 is 2.56 bits per heavy atom. The lowest BCUT2D eigenvalue weighted by atomic mass is 10.4. The predicted molar refractivity (Wildman–Crippen MR) is 64.9 cm³/mol. The van der Waals surface area contributed by atoms with Gasteiger partial charge in [0.2, 0.25) is 0 Å². The average Bonchev–Trinajstić information content (AvgIpc) is 2.75. The first kappa shape index (κ1) is 12.2. The van der Waals surface area contributed by atoms with Gasteiger partial charge in [-0.1, -0.05) is 23.2 Å². The molecule has 1 fully saturated rings. The van der Waals surface area contributed by atoms with Crippen molar-refractivity contribution >= 4 is 33.0 Å². The van der Waals surface area contributed by atoms with Crippen LogP contribution in [0.25, 0.3) is 0 Å². The quantitative estimate of drug-likeness (QED) is 0.902. The number of halogens is 2. The molecule has 1 aliphatic rings. The van der Waals surface area contributed by atoms with E-state index in [9.17, 15) is 8.42 Å². The highest BCUT2D eigenvalue weighted by Crippen LogP contribution is 2.27. The second kappa shape index (κ2) is 4.53. The summed E-state index contributed by atoms with van der Waals surface area (Å²) in [6.45, 7) is 1.24. The molecule has 6 heteroatoms. The predicted octanol–water partition coefficient (Wildman–Crippen LogP) is 2.13. The zero-order valence-electron chi connectivity index (χ0n) is 8.41. The van der Waals surface area contributed by atoms with E-state index in [0.717, 1.165) is 6.54 Å². The normalized spacial score (nSPS) is 21.2. The topological polar surface area (TPSA) is 46.2 Å². The van der Waals surface area contributed by atoms with Crippen LogP contribution in [0.1, 0.15) is 6.42 Å². The Hall–Kier alpha value is -0.290. The van der Waals surface area contributed by atoms with Crippen molar-refractivity contribution in [3.8, 4) is 0 Å². The van der Waals surface area contributed by atoms with E-state index < -0.39 is 9.84 Å². The highest BCUT2D eigenvalue weighted by Gasteiger charge is 2.30. The summed E-state index contributed by atoms with van der Waals surface area (Å²) in [5, 5.41) is 3.32. The second-order valence-electron chi connectivity index (χ2n) is 3.74. The molecule has 16 heavy (non-hydrogen) atoms. The van der Waals surface area contributed by atoms with Gasteiger partial charge in [-0.3, -0.25) is 0 Å². The standard InChI is InChI=1S/C10H11Cl2NO2S/c11-9-2-1-7(5-10(9)12)16(14,15)8-3-4-13-6-8/h1-2,5,8,13H,3-4,6H2. The third kappa shape index (κ3) is 2.20. The van der Waals surface area contributed by atoms with E-state index in [2.05, 4.69) is 5.32 Å². The fraction of sp³-hybridized carbons (Fsp3) is 0.400. The lowest BCUT2D eigenvalue weighted by Gasteiger charge is -2.10. The first-order chi connectivity index (χ1) is 7.51. The summed E-state index contributed by atoms with van der Waals surface area (Å²) in [6, 6.07) is 4.43. The van der Waals surface area contributed by atoms with Crippen LogP contribution in [0.5, 0.6) is 0 Å². The fourth-order valence-corrected chi connectivity index (χ4v) is 3.79. The molecule has 1 saturated heterocycles. The Morgan fingerprint density at radius 1 is 1.25 bits per heavy atom. The molecular formula is C10H11Cl2NO2S. The summed E-state index contributed by atoms with van der Waals surface area (Å²) in [5.74, 6) is 0. The van der Waals surface area contributed by atoms with Crippen molar-refractivity contribution in [2.75, 3.05) is 13.1 Å². The van der Waals surface area contributed by atoms with E-state index >= 15 is 0 Å². The molecule has 1 N–H and O–H groups in total. The van der Waals surface area contributed by atoms with E-state index in [-0.39, 0.29) is 15.2 Å². The van der Waals surface area contributed by atoms with Crippen LogP contribution in [0.2, 0.25) is 10.0 Å². The van der Waals surface area contributed by atoms with Crippen molar-refractivity contribution in [1.29, 1.82) is 0 Å². The number of hydrogen-bond donors (Lipinski definition) is 1. The van der Waals surface area contributed by atoms with E-state index in [4.69, 9.17) is 23.2 Å². The summed E-state index contributed by atoms with van der Waals surface area (Å²) >= 11 is 11.6. The third-order valence-corrected chi connectivity index (χ3v) is 5.60. The molecule has 1 aliphatic heterocycles. The van der Waals surface area contributed by atoms with Gasteiger partial charge in [0, 0.05) is 6.54 Å². The molecule has 1 atom stereocenters. The Balaban J connectivity index is 2.39. The molecule has 1 aromatic carbocycles. The van der Waals surface area contributed by atoms with Gasteiger partial charge in [0.05, 0.1) is 20.2 Å². The van der Waals surface area contributed by atoms with Crippen molar-refractivity contribution in [2.24, 2.45) is 0 Å². The van der Waals surface area contributed by atoms with Crippen LogP contribution in [0, 0.1) is 0 Å². The van der Waals surface area contributed by atoms with E-state index in [1.54, 1.807) is 0 Å². The van der Waals surface area contributed by atoms with Crippen molar-refractivity contribution in [1.82, 2.24) is 5.32 Å². The first-order valence-corrected chi connectivity index (χ1v) is 7.22. The number of sulfone groups is 1. The van der Waals surface area contributed by atoms with Gasteiger partial charge in [-0.25, -0.2) is 8.42 Å². The monoisotopic (exact) mass is 279 g/mol. The molecule has 1 heterocycles. The molecule has 3 nitrogen and oxygen atoms in total. The Labute approximate surface area is 105 Å². The van der Waals surface area contributed by atoms with Crippen LogP contribution in [0.15, 0.2) is 23.1 Å². The molecule has 2 rings (SSSR count). The maximum Gasteiger partial charge on any atom is 0.182 e. The highest BCUT2D eigenvalue weighted by molar-refractivity contribution is 7.92. The zero-order valence-corrected chi connectivity index (χ0v) is 10.7.